The van der Waals surface area contributed by atoms with Crippen molar-refractivity contribution >= 4 is 17.3 Å². The summed E-state index contributed by atoms with van der Waals surface area (Å²) in [7, 11) is 0. The van der Waals surface area contributed by atoms with Crippen LogP contribution in [0.4, 0.5) is 11.4 Å². The van der Waals surface area contributed by atoms with Crippen molar-refractivity contribution in [2.45, 2.75) is 6.92 Å². The zero-order valence-electron chi connectivity index (χ0n) is 10.7. The van der Waals surface area contributed by atoms with Crippen LogP contribution in [0, 0.1) is 6.92 Å². The minimum atomic E-state index is -0.131. The van der Waals surface area contributed by atoms with Gasteiger partial charge in [-0.25, -0.2) is 0 Å². The summed E-state index contributed by atoms with van der Waals surface area (Å²) < 4.78 is 0. The van der Waals surface area contributed by atoms with Crippen molar-refractivity contribution in [1.82, 2.24) is 0 Å². The lowest BCUT2D eigenvalue weighted by molar-refractivity contribution is -0.114. The summed E-state index contributed by atoms with van der Waals surface area (Å²) in [5, 5.41) is 15.2. The molecule has 0 aliphatic carbocycles. The van der Waals surface area contributed by atoms with E-state index in [0.717, 1.165) is 11.3 Å². The Kier molecular flexibility index (Phi) is 4.03. The predicted octanol–water partition coefficient (Wildman–Crippen LogP) is 2.75. The van der Waals surface area contributed by atoms with E-state index in [-0.39, 0.29) is 18.2 Å². The van der Waals surface area contributed by atoms with Gasteiger partial charge in [0.1, 0.15) is 5.75 Å². The number of rotatable bonds is 4. The van der Waals surface area contributed by atoms with Crippen molar-refractivity contribution in [3.05, 3.63) is 54.1 Å². The summed E-state index contributed by atoms with van der Waals surface area (Å²) in [6.07, 6.45) is 0. The van der Waals surface area contributed by atoms with Crippen molar-refractivity contribution in [3.8, 4) is 5.75 Å². The van der Waals surface area contributed by atoms with Crippen LogP contribution in [-0.2, 0) is 4.79 Å². The Morgan fingerprint density at radius 2 is 1.84 bits per heavy atom. The van der Waals surface area contributed by atoms with E-state index >= 15 is 0 Å². The van der Waals surface area contributed by atoms with E-state index in [0.29, 0.717) is 5.69 Å². The van der Waals surface area contributed by atoms with Crippen LogP contribution in [0.15, 0.2) is 48.5 Å². The lowest BCUT2D eigenvalue weighted by Crippen LogP contribution is -2.21. The minimum absolute atomic E-state index is 0.131. The number of amides is 1. The number of carbonyl (C=O) groups is 1. The maximum Gasteiger partial charge on any atom is 0.243 e. The van der Waals surface area contributed by atoms with E-state index in [1.165, 1.54) is 0 Å². The van der Waals surface area contributed by atoms with Crippen LogP contribution in [0.1, 0.15) is 5.56 Å². The number of hydrogen-bond acceptors (Lipinski definition) is 3. The van der Waals surface area contributed by atoms with Crippen molar-refractivity contribution in [2.24, 2.45) is 0 Å². The zero-order chi connectivity index (χ0) is 13.7. The van der Waals surface area contributed by atoms with E-state index in [1.54, 1.807) is 25.1 Å². The molecule has 2 rings (SSSR count). The summed E-state index contributed by atoms with van der Waals surface area (Å²) in [6, 6.07) is 14.5. The van der Waals surface area contributed by atoms with Gasteiger partial charge < -0.3 is 15.7 Å². The molecule has 4 heteroatoms. The highest BCUT2D eigenvalue weighted by molar-refractivity contribution is 5.93. The molecule has 2 aromatic rings. The second-order valence-electron chi connectivity index (χ2n) is 4.27. The minimum Gasteiger partial charge on any atom is -0.508 e. The first-order chi connectivity index (χ1) is 9.15. The standard InChI is InChI=1S/C15H16N2O2/c1-11-9-13(7-8-14(11)18)17-15(19)10-16-12-5-3-2-4-6-12/h2-9,16,18H,10H2,1H3,(H,17,19). The molecule has 4 nitrogen and oxygen atoms in total. The average Bonchev–Trinajstić information content (AvgIpc) is 2.42. The van der Waals surface area contributed by atoms with Gasteiger partial charge in [-0.15, -0.1) is 0 Å². The summed E-state index contributed by atoms with van der Waals surface area (Å²) in [6.45, 7) is 1.98. The van der Waals surface area contributed by atoms with Gasteiger partial charge in [0.25, 0.3) is 0 Å². The van der Waals surface area contributed by atoms with E-state index in [1.807, 2.05) is 30.3 Å². The summed E-state index contributed by atoms with van der Waals surface area (Å²) >= 11 is 0. The van der Waals surface area contributed by atoms with E-state index in [9.17, 15) is 9.90 Å². The van der Waals surface area contributed by atoms with Gasteiger partial charge in [-0.1, -0.05) is 18.2 Å². The molecule has 0 aliphatic rings. The number of hydrogen-bond donors (Lipinski definition) is 3. The van der Waals surface area contributed by atoms with Gasteiger partial charge in [0.2, 0.25) is 5.91 Å². The second-order valence-corrected chi connectivity index (χ2v) is 4.27. The Labute approximate surface area is 112 Å². The molecular weight excluding hydrogens is 240 g/mol. The molecule has 1 amide bonds. The topological polar surface area (TPSA) is 61.4 Å². The van der Waals surface area contributed by atoms with Gasteiger partial charge >= 0.3 is 0 Å². The van der Waals surface area contributed by atoms with Gasteiger partial charge in [-0.05, 0) is 42.8 Å². The Balaban J connectivity index is 1.89. The largest absolute Gasteiger partial charge is 0.508 e. The van der Waals surface area contributed by atoms with E-state index in [4.69, 9.17) is 0 Å². The molecule has 0 aliphatic heterocycles. The molecule has 0 saturated heterocycles. The van der Waals surface area contributed by atoms with Gasteiger partial charge in [-0.3, -0.25) is 4.79 Å². The first kappa shape index (κ1) is 13.0. The van der Waals surface area contributed by atoms with Gasteiger partial charge in [0.15, 0.2) is 0 Å². The smallest absolute Gasteiger partial charge is 0.243 e. The molecule has 0 spiro atoms. The van der Waals surface area contributed by atoms with Crippen LogP contribution in [0.5, 0.6) is 5.75 Å². The van der Waals surface area contributed by atoms with E-state index < -0.39 is 0 Å². The number of phenols is 1. The maximum atomic E-state index is 11.7. The van der Waals surface area contributed by atoms with Gasteiger partial charge in [0.05, 0.1) is 6.54 Å². The zero-order valence-corrected chi connectivity index (χ0v) is 10.7. The lowest BCUT2D eigenvalue weighted by atomic mass is 10.2. The second kappa shape index (κ2) is 5.91. The van der Waals surface area contributed by atoms with Crippen molar-refractivity contribution < 1.29 is 9.90 Å². The highest BCUT2D eigenvalue weighted by Gasteiger charge is 2.03. The van der Waals surface area contributed by atoms with Crippen LogP contribution in [0.3, 0.4) is 0 Å². The lowest BCUT2D eigenvalue weighted by Gasteiger charge is -2.08. The van der Waals surface area contributed by atoms with Gasteiger partial charge in [-0.2, -0.15) is 0 Å². The molecule has 0 saturated carbocycles. The molecule has 0 heterocycles. The summed E-state index contributed by atoms with van der Waals surface area (Å²) in [4.78, 5) is 11.7. The quantitative estimate of drug-likeness (QED) is 0.737. The van der Waals surface area contributed by atoms with Crippen LogP contribution in [0.2, 0.25) is 0 Å². The van der Waals surface area contributed by atoms with Gasteiger partial charge in [0, 0.05) is 11.4 Å². The number of aryl methyl sites for hydroxylation is 1. The molecule has 19 heavy (non-hydrogen) atoms. The van der Waals surface area contributed by atoms with Crippen molar-refractivity contribution in [3.63, 3.8) is 0 Å². The molecule has 0 fully saturated rings. The number of phenolic OH excluding ortho intramolecular Hbond substituents is 1. The molecule has 0 unspecified atom stereocenters. The first-order valence-electron chi connectivity index (χ1n) is 6.03. The van der Waals surface area contributed by atoms with Crippen LogP contribution < -0.4 is 10.6 Å². The number of nitrogens with one attached hydrogen (secondary N) is 2. The third kappa shape index (κ3) is 3.74. The average molecular weight is 256 g/mol. The molecule has 2 aromatic carbocycles. The molecular formula is C15H16N2O2. The predicted molar refractivity (Wildman–Crippen MR) is 76.4 cm³/mol. The fraction of sp³-hybridized carbons (Fsp3) is 0.133. The van der Waals surface area contributed by atoms with Crippen LogP contribution >= 0.6 is 0 Å². The first-order valence-corrected chi connectivity index (χ1v) is 6.03. The Morgan fingerprint density at radius 1 is 1.11 bits per heavy atom. The third-order valence-corrected chi connectivity index (χ3v) is 2.71. The number of para-hydroxylation sites is 1. The molecule has 0 radical (unpaired) electrons. The molecule has 0 bridgehead atoms. The number of carbonyl (C=O) groups excluding carboxylic acids is 1. The van der Waals surface area contributed by atoms with Crippen LogP contribution in [-0.4, -0.2) is 17.6 Å². The molecule has 98 valence electrons. The monoisotopic (exact) mass is 256 g/mol. The summed E-state index contributed by atoms with van der Waals surface area (Å²) in [5.74, 6) is 0.0920. The van der Waals surface area contributed by atoms with Crippen LogP contribution in [0.25, 0.3) is 0 Å². The van der Waals surface area contributed by atoms with Crippen molar-refractivity contribution in [2.75, 3.05) is 17.2 Å². The number of anilines is 2. The maximum absolute atomic E-state index is 11.7. The third-order valence-electron chi connectivity index (χ3n) is 2.71. The Bertz CT molecular complexity index is 568. The number of aromatic hydroxyl groups is 1. The Hall–Kier alpha value is -2.49. The highest BCUT2D eigenvalue weighted by Crippen LogP contribution is 2.19. The van der Waals surface area contributed by atoms with Crippen molar-refractivity contribution in [1.29, 1.82) is 0 Å². The molecule has 0 aromatic heterocycles. The summed E-state index contributed by atoms with van der Waals surface area (Å²) in [5.41, 5.74) is 2.31. The normalized spacial score (nSPS) is 9.95. The highest BCUT2D eigenvalue weighted by atomic mass is 16.3. The number of benzene rings is 2. The van der Waals surface area contributed by atoms with E-state index in [2.05, 4.69) is 10.6 Å². The SMILES string of the molecule is Cc1cc(NC(=O)CNc2ccccc2)ccc1O. The fourth-order valence-electron chi connectivity index (χ4n) is 1.68. The Morgan fingerprint density at radius 3 is 2.53 bits per heavy atom. The molecule has 0 atom stereocenters. The fourth-order valence-corrected chi connectivity index (χ4v) is 1.68. The molecule has 3 N–H and O–H groups in total.